The number of hydrogen-bond donors (Lipinski definition) is 1. The van der Waals surface area contributed by atoms with Crippen LogP contribution in [-0.2, 0) is 19.5 Å². The molecule has 0 spiro atoms. The van der Waals surface area contributed by atoms with Gasteiger partial charge in [0.1, 0.15) is 5.01 Å². The summed E-state index contributed by atoms with van der Waals surface area (Å²) in [6.45, 7) is 8.43. The van der Waals surface area contributed by atoms with E-state index in [2.05, 4.69) is 54.1 Å². The Kier molecular flexibility index (Phi) is 4.55. The molecule has 18 heavy (non-hydrogen) atoms. The zero-order chi connectivity index (χ0) is 13.0. The van der Waals surface area contributed by atoms with Gasteiger partial charge in [0.15, 0.2) is 0 Å². The quantitative estimate of drug-likeness (QED) is 0.866. The second kappa shape index (κ2) is 6.16. The topological polar surface area (TPSA) is 29.9 Å². The number of rotatable bonds is 6. The van der Waals surface area contributed by atoms with Gasteiger partial charge in [-0.2, -0.15) is 0 Å². The van der Waals surface area contributed by atoms with E-state index in [0.29, 0.717) is 6.04 Å². The molecule has 1 N–H and O–H groups in total. The van der Waals surface area contributed by atoms with E-state index in [-0.39, 0.29) is 0 Å². The lowest BCUT2D eigenvalue weighted by molar-refractivity contribution is 0.571. The van der Waals surface area contributed by atoms with Crippen molar-refractivity contribution in [2.24, 2.45) is 0 Å². The fraction of sp³-hybridized carbons (Fsp3) is 0.500. The molecule has 3 nitrogen and oxygen atoms in total. The molecule has 4 heteroatoms. The van der Waals surface area contributed by atoms with Crippen LogP contribution in [0.15, 0.2) is 24.7 Å². The molecule has 2 heterocycles. The first kappa shape index (κ1) is 13.3. The van der Waals surface area contributed by atoms with Gasteiger partial charge in [0.2, 0.25) is 0 Å². The Labute approximate surface area is 113 Å². The maximum atomic E-state index is 4.47. The molecule has 0 amide bonds. The van der Waals surface area contributed by atoms with Gasteiger partial charge in [-0.15, -0.1) is 11.3 Å². The minimum atomic E-state index is 0.320. The SMILES string of the molecule is CCc1cnc(C(C)NCc2ccn(CC)c2)s1. The van der Waals surface area contributed by atoms with Gasteiger partial charge >= 0.3 is 0 Å². The number of nitrogens with one attached hydrogen (secondary N) is 1. The molecule has 1 unspecified atom stereocenters. The van der Waals surface area contributed by atoms with E-state index in [0.717, 1.165) is 19.5 Å². The van der Waals surface area contributed by atoms with Crippen LogP contribution in [-0.4, -0.2) is 9.55 Å². The third kappa shape index (κ3) is 3.21. The van der Waals surface area contributed by atoms with Crippen LogP contribution in [0.1, 0.15) is 42.3 Å². The molecule has 2 aromatic rings. The van der Waals surface area contributed by atoms with Crippen molar-refractivity contribution in [2.75, 3.05) is 0 Å². The Balaban J connectivity index is 1.89. The van der Waals surface area contributed by atoms with Crippen molar-refractivity contribution in [1.29, 1.82) is 0 Å². The molecule has 0 aliphatic heterocycles. The van der Waals surface area contributed by atoms with Crippen LogP contribution in [0.3, 0.4) is 0 Å². The minimum absolute atomic E-state index is 0.320. The molecule has 0 aliphatic carbocycles. The first-order valence-corrected chi connectivity index (χ1v) is 7.37. The first-order valence-electron chi connectivity index (χ1n) is 6.55. The van der Waals surface area contributed by atoms with Gasteiger partial charge in [-0.25, -0.2) is 4.98 Å². The van der Waals surface area contributed by atoms with Crippen molar-refractivity contribution in [3.05, 3.63) is 40.1 Å². The summed E-state index contributed by atoms with van der Waals surface area (Å²) in [7, 11) is 0. The molecule has 0 radical (unpaired) electrons. The monoisotopic (exact) mass is 263 g/mol. The first-order chi connectivity index (χ1) is 8.72. The molecule has 1 atom stereocenters. The van der Waals surface area contributed by atoms with E-state index in [9.17, 15) is 0 Å². The molecule has 0 aliphatic rings. The van der Waals surface area contributed by atoms with Crippen molar-refractivity contribution in [2.45, 2.75) is 46.3 Å². The normalized spacial score (nSPS) is 12.8. The van der Waals surface area contributed by atoms with Gasteiger partial charge in [0.05, 0.1) is 6.04 Å². The van der Waals surface area contributed by atoms with Crippen molar-refractivity contribution in [1.82, 2.24) is 14.9 Å². The molecule has 2 aromatic heterocycles. The third-order valence-corrected chi connectivity index (χ3v) is 4.40. The maximum absolute atomic E-state index is 4.47. The summed E-state index contributed by atoms with van der Waals surface area (Å²) < 4.78 is 2.19. The number of aryl methyl sites for hydroxylation is 2. The molecular weight excluding hydrogens is 242 g/mol. The predicted octanol–water partition coefficient (Wildman–Crippen LogP) is 3.38. The zero-order valence-corrected chi connectivity index (χ0v) is 12.1. The molecule has 98 valence electrons. The fourth-order valence-electron chi connectivity index (χ4n) is 1.84. The molecular formula is C14H21N3S. The Morgan fingerprint density at radius 1 is 1.44 bits per heavy atom. The van der Waals surface area contributed by atoms with Crippen LogP contribution in [0.25, 0.3) is 0 Å². The fourth-order valence-corrected chi connectivity index (χ4v) is 2.72. The third-order valence-electron chi connectivity index (χ3n) is 3.08. The van der Waals surface area contributed by atoms with Crippen molar-refractivity contribution < 1.29 is 0 Å². The van der Waals surface area contributed by atoms with Gasteiger partial charge in [-0.1, -0.05) is 6.92 Å². The Morgan fingerprint density at radius 2 is 2.28 bits per heavy atom. The minimum Gasteiger partial charge on any atom is -0.354 e. The second-order valence-electron chi connectivity index (χ2n) is 4.47. The van der Waals surface area contributed by atoms with Gasteiger partial charge in [-0.3, -0.25) is 0 Å². The number of thiazole rings is 1. The van der Waals surface area contributed by atoms with Gasteiger partial charge in [0.25, 0.3) is 0 Å². The lowest BCUT2D eigenvalue weighted by atomic mass is 10.3. The highest BCUT2D eigenvalue weighted by atomic mass is 32.1. The molecule has 0 saturated carbocycles. The maximum Gasteiger partial charge on any atom is 0.109 e. The number of hydrogen-bond acceptors (Lipinski definition) is 3. The van der Waals surface area contributed by atoms with Crippen LogP contribution >= 0.6 is 11.3 Å². The predicted molar refractivity (Wildman–Crippen MR) is 76.9 cm³/mol. The molecule has 2 rings (SSSR count). The van der Waals surface area contributed by atoms with Crippen molar-refractivity contribution in [3.8, 4) is 0 Å². The summed E-state index contributed by atoms with van der Waals surface area (Å²) in [5.41, 5.74) is 1.33. The standard InChI is InChI=1S/C14H21N3S/c1-4-13-9-16-14(18-13)11(3)15-8-12-6-7-17(5-2)10-12/h6-7,9-11,15H,4-5,8H2,1-3H3. The molecule has 0 fully saturated rings. The summed E-state index contributed by atoms with van der Waals surface area (Å²) in [5, 5.41) is 4.71. The summed E-state index contributed by atoms with van der Waals surface area (Å²) in [6, 6.07) is 2.49. The molecule has 0 bridgehead atoms. The summed E-state index contributed by atoms with van der Waals surface area (Å²) in [4.78, 5) is 5.83. The Morgan fingerprint density at radius 3 is 2.89 bits per heavy atom. The molecule has 0 aromatic carbocycles. The lowest BCUT2D eigenvalue weighted by Gasteiger charge is -2.09. The van der Waals surface area contributed by atoms with Crippen LogP contribution in [0, 0.1) is 0 Å². The van der Waals surface area contributed by atoms with Gasteiger partial charge in [0, 0.05) is 36.6 Å². The van der Waals surface area contributed by atoms with Crippen LogP contribution in [0.4, 0.5) is 0 Å². The largest absolute Gasteiger partial charge is 0.354 e. The summed E-state index contributed by atoms with van der Waals surface area (Å²) >= 11 is 1.81. The summed E-state index contributed by atoms with van der Waals surface area (Å²) in [5.74, 6) is 0. The van der Waals surface area contributed by atoms with E-state index >= 15 is 0 Å². The van der Waals surface area contributed by atoms with E-state index in [4.69, 9.17) is 0 Å². The number of aromatic nitrogens is 2. The van der Waals surface area contributed by atoms with E-state index < -0.39 is 0 Å². The lowest BCUT2D eigenvalue weighted by Crippen LogP contribution is -2.17. The van der Waals surface area contributed by atoms with Gasteiger partial charge in [-0.05, 0) is 31.9 Å². The highest BCUT2D eigenvalue weighted by molar-refractivity contribution is 7.11. The van der Waals surface area contributed by atoms with E-state index in [1.807, 2.05) is 17.5 Å². The average molecular weight is 263 g/mol. The van der Waals surface area contributed by atoms with E-state index in [1.165, 1.54) is 15.4 Å². The summed E-state index contributed by atoms with van der Waals surface area (Å²) in [6.07, 6.45) is 7.38. The van der Waals surface area contributed by atoms with Crippen LogP contribution in [0.5, 0.6) is 0 Å². The number of nitrogens with zero attached hydrogens (tertiary/aromatic N) is 2. The second-order valence-corrected chi connectivity index (χ2v) is 5.62. The molecule has 0 saturated heterocycles. The average Bonchev–Trinajstić information content (AvgIpc) is 3.04. The Hall–Kier alpha value is -1.13. The highest BCUT2D eigenvalue weighted by Gasteiger charge is 2.09. The Bertz CT molecular complexity index is 487. The van der Waals surface area contributed by atoms with Crippen molar-refractivity contribution >= 4 is 11.3 Å². The zero-order valence-electron chi connectivity index (χ0n) is 11.3. The highest BCUT2D eigenvalue weighted by Crippen LogP contribution is 2.20. The smallest absolute Gasteiger partial charge is 0.109 e. The van der Waals surface area contributed by atoms with E-state index in [1.54, 1.807) is 0 Å². The van der Waals surface area contributed by atoms with Crippen molar-refractivity contribution in [3.63, 3.8) is 0 Å². The van der Waals surface area contributed by atoms with Crippen LogP contribution in [0.2, 0.25) is 0 Å². The van der Waals surface area contributed by atoms with Crippen LogP contribution < -0.4 is 5.32 Å². The van der Waals surface area contributed by atoms with Gasteiger partial charge < -0.3 is 9.88 Å².